The van der Waals surface area contributed by atoms with Crippen molar-refractivity contribution in [3.8, 4) is 0 Å². The first kappa shape index (κ1) is 5.42. The Balaban J connectivity index is 2.22. The first-order valence-electron chi connectivity index (χ1n) is 3.17. The molecule has 1 fully saturated rings. The van der Waals surface area contributed by atoms with E-state index in [0.717, 1.165) is 12.3 Å². The fraction of sp³-hybridized carbons (Fsp3) is 0.429. The predicted octanol–water partition coefficient (Wildman–Crippen LogP) is 1.79. The Bertz CT molecular complexity index is 172. The van der Waals surface area contributed by atoms with E-state index in [1.54, 1.807) is 0 Å². The average Bonchev–Trinajstić information content (AvgIpc) is 2.33. The van der Waals surface area contributed by atoms with Gasteiger partial charge in [-0.25, -0.2) is 0 Å². The molecule has 2 heteroatoms. The van der Waals surface area contributed by atoms with Gasteiger partial charge in [0.1, 0.15) is 0 Å². The van der Waals surface area contributed by atoms with E-state index in [4.69, 9.17) is 0 Å². The molecule has 0 aromatic carbocycles. The first-order chi connectivity index (χ1) is 4.47. The number of rotatable bonds is 0. The van der Waals surface area contributed by atoms with Crippen molar-refractivity contribution in [1.29, 1.82) is 0 Å². The standard InChI is InChI=1S/C7H9NS/c1-2-4-8-6-9-5-7(8)3-1/h2-4H,1,5-6H2. The Morgan fingerprint density at radius 3 is 3.44 bits per heavy atom. The average molecular weight is 139 g/mol. The van der Waals surface area contributed by atoms with Crippen molar-refractivity contribution in [2.45, 2.75) is 6.42 Å². The van der Waals surface area contributed by atoms with Gasteiger partial charge in [-0.05, 0) is 6.42 Å². The summed E-state index contributed by atoms with van der Waals surface area (Å²) in [5.41, 5.74) is 1.50. The molecule has 2 aliphatic heterocycles. The number of thioether (sulfide) groups is 1. The van der Waals surface area contributed by atoms with Crippen LogP contribution in [0, 0.1) is 0 Å². The molecule has 0 saturated carbocycles. The van der Waals surface area contributed by atoms with Crippen LogP contribution >= 0.6 is 11.8 Å². The number of allylic oxidation sites excluding steroid dienone is 2. The SMILES string of the molecule is C1=CN2CSCC2=CC1. The molecule has 9 heavy (non-hydrogen) atoms. The van der Waals surface area contributed by atoms with Crippen molar-refractivity contribution in [3.63, 3.8) is 0 Å². The zero-order valence-corrected chi connectivity index (χ0v) is 6.03. The lowest BCUT2D eigenvalue weighted by Crippen LogP contribution is -2.11. The van der Waals surface area contributed by atoms with Gasteiger partial charge in [-0.15, -0.1) is 11.8 Å². The molecule has 1 saturated heterocycles. The zero-order valence-electron chi connectivity index (χ0n) is 5.21. The molecule has 2 heterocycles. The van der Waals surface area contributed by atoms with Crippen molar-refractivity contribution < 1.29 is 0 Å². The maximum Gasteiger partial charge on any atom is 0.0683 e. The van der Waals surface area contributed by atoms with Gasteiger partial charge < -0.3 is 4.90 Å². The second kappa shape index (κ2) is 2.10. The highest BCUT2D eigenvalue weighted by molar-refractivity contribution is 7.99. The van der Waals surface area contributed by atoms with Gasteiger partial charge in [0, 0.05) is 17.6 Å². The Labute approximate surface area is 59.4 Å². The quantitative estimate of drug-likeness (QED) is 0.503. The van der Waals surface area contributed by atoms with Gasteiger partial charge in [-0.3, -0.25) is 0 Å². The normalized spacial score (nSPS) is 24.0. The van der Waals surface area contributed by atoms with Crippen LogP contribution in [-0.4, -0.2) is 16.5 Å². The zero-order chi connectivity index (χ0) is 6.10. The van der Waals surface area contributed by atoms with Gasteiger partial charge in [0.2, 0.25) is 0 Å². The van der Waals surface area contributed by atoms with Crippen LogP contribution in [0.15, 0.2) is 24.0 Å². The van der Waals surface area contributed by atoms with Crippen molar-refractivity contribution >= 4 is 11.8 Å². The van der Waals surface area contributed by atoms with Gasteiger partial charge >= 0.3 is 0 Å². The highest BCUT2D eigenvalue weighted by atomic mass is 32.2. The molecule has 0 aliphatic carbocycles. The molecule has 0 unspecified atom stereocenters. The highest BCUT2D eigenvalue weighted by Gasteiger charge is 2.15. The molecule has 0 spiro atoms. The lowest BCUT2D eigenvalue weighted by atomic mass is 10.2. The molecule has 0 atom stereocenters. The Morgan fingerprint density at radius 2 is 2.56 bits per heavy atom. The van der Waals surface area contributed by atoms with E-state index in [1.165, 1.54) is 11.4 Å². The summed E-state index contributed by atoms with van der Waals surface area (Å²) in [7, 11) is 0. The molecule has 0 N–H and O–H groups in total. The van der Waals surface area contributed by atoms with Crippen LogP contribution in [0.5, 0.6) is 0 Å². The van der Waals surface area contributed by atoms with E-state index in [2.05, 4.69) is 23.3 Å². The summed E-state index contributed by atoms with van der Waals surface area (Å²) in [6.45, 7) is 0. The van der Waals surface area contributed by atoms with Gasteiger partial charge in [-0.2, -0.15) is 0 Å². The third kappa shape index (κ3) is 0.874. The Hall–Kier alpha value is -0.370. The molecule has 1 nitrogen and oxygen atoms in total. The lowest BCUT2D eigenvalue weighted by Gasteiger charge is -2.15. The molecule has 0 bridgehead atoms. The van der Waals surface area contributed by atoms with Crippen molar-refractivity contribution in [2.75, 3.05) is 11.6 Å². The van der Waals surface area contributed by atoms with Crippen molar-refractivity contribution in [1.82, 2.24) is 4.90 Å². The fourth-order valence-electron chi connectivity index (χ4n) is 1.12. The molecule has 2 aliphatic rings. The third-order valence-electron chi connectivity index (χ3n) is 1.62. The third-order valence-corrected chi connectivity index (χ3v) is 2.58. The van der Waals surface area contributed by atoms with E-state index < -0.39 is 0 Å². The summed E-state index contributed by atoms with van der Waals surface area (Å²) in [6, 6.07) is 0. The topological polar surface area (TPSA) is 3.24 Å². The summed E-state index contributed by atoms with van der Waals surface area (Å²) in [5.74, 6) is 2.37. The van der Waals surface area contributed by atoms with Crippen LogP contribution in [0.3, 0.4) is 0 Å². The van der Waals surface area contributed by atoms with Crippen LogP contribution in [0.25, 0.3) is 0 Å². The number of hydrogen-bond donors (Lipinski definition) is 0. The largest absolute Gasteiger partial charge is 0.342 e. The molecule has 0 amide bonds. The minimum atomic E-state index is 1.13. The first-order valence-corrected chi connectivity index (χ1v) is 4.32. The van der Waals surface area contributed by atoms with Crippen LogP contribution in [-0.2, 0) is 0 Å². The maximum atomic E-state index is 2.31. The van der Waals surface area contributed by atoms with E-state index in [9.17, 15) is 0 Å². The van der Waals surface area contributed by atoms with Crippen molar-refractivity contribution in [3.05, 3.63) is 24.0 Å². The Morgan fingerprint density at radius 1 is 1.56 bits per heavy atom. The second-order valence-corrected chi connectivity index (χ2v) is 3.22. The smallest absolute Gasteiger partial charge is 0.0683 e. The van der Waals surface area contributed by atoms with E-state index in [-0.39, 0.29) is 0 Å². The number of fused-ring (bicyclic) bond motifs is 1. The number of hydrogen-bond acceptors (Lipinski definition) is 2. The second-order valence-electron chi connectivity index (χ2n) is 2.26. The van der Waals surface area contributed by atoms with Crippen LogP contribution in [0.2, 0.25) is 0 Å². The molecular weight excluding hydrogens is 130 g/mol. The van der Waals surface area contributed by atoms with Crippen LogP contribution in [0.1, 0.15) is 6.42 Å². The van der Waals surface area contributed by atoms with Gasteiger partial charge in [0.05, 0.1) is 5.88 Å². The minimum absolute atomic E-state index is 1.13. The summed E-state index contributed by atoms with van der Waals surface area (Å²) in [4.78, 5) is 2.31. The molecule has 0 aromatic heterocycles. The molecule has 48 valence electrons. The monoisotopic (exact) mass is 139 g/mol. The van der Waals surface area contributed by atoms with Crippen molar-refractivity contribution in [2.24, 2.45) is 0 Å². The minimum Gasteiger partial charge on any atom is -0.342 e. The van der Waals surface area contributed by atoms with Gasteiger partial charge in [-0.1, -0.05) is 12.2 Å². The highest BCUT2D eigenvalue weighted by Crippen LogP contribution is 2.26. The summed E-state index contributed by atoms with van der Waals surface area (Å²) >= 11 is 1.99. The summed E-state index contributed by atoms with van der Waals surface area (Å²) in [6.07, 6.45) is 7.83. The Kier molecular flexibility index (Phi) is 1.27. The fourth-order valence-corrected chi connectivity index (χ4v) is 2.15. The summed E-state index contributed by atoms with van der Waals surface area (Å²) in [5, 5.41) is 0. The number of nitrogens with zero attached hydrogens (tertiary/aromatic N) is 1. The van der Waals surface area contributed by atoms with E-state index in [0.29, 0.717) is 0 Å². The molecule has 0 radical (unpaired) electrons. The maximum absolute atomic E-state index is 2.31. The van der Waals surface area contributed by atoms with Gasteiger partial charge in [0.25, 0.3) is 0 Å². The lowest BCUT2D eigenvalue weighted by molar-refractivity contribution is 0.557. The van der Waals surface area contributed by atoms with E-state index >= 15 is 0 Å². The molecule has 0 aromatic rings. The van der Waals surface area contributed by atoms with Gasteiger partial charge in [0.15, 0.2) is 0 Å². The van der Waals surface area contributed by atoms with E-state index in [1.807, 2.05) is 11.8 Å². The summed E-state index contributed by atoms with van der Waals surface area (Å²) < 4.78 is 0. The van der Waals surface area contributed by atoms with Crippen LogP contribution < -0.4 is 0 Å². The van der Waals surface area contributed by atoms with Crippen LogP contribution in [0.4, 0.5) is 0 Å². The predicted molar refractivity (Wildman–Crippen MR) is 41.0 cm³/mol. The molecule has 2 rings (SSSR count). The molecular formula is C7H9NS.